The van der Waals surface area contributed by atoms with Crippen LogP contribution in [0.5, 0.6) is 0 Å². The minimum atomic E-state index is 1.06. The smallest absolute Gasteiger partial charge is 0.111 e. The Kier molecular flexibility index (Phi) is 2.64. The predicted molar refractivity (Wildman–Crippen MR) is 84.4 cm³/mol. The maximum Gasteiger partial charge on any atom is 0.111 e. The number of thiophene rings is 1. The lowest BCUT2D eigenvalue weighted by Gasteiger charge is -2.01. The molecule has 0 amide bonds. The van der Waals surface area contributed by atoms with Gasteiger partial charge in [-0.1, -0.05) is 48.5 Å². The molecule has 20 heavy (non-hydrogen) atoms. The molecule has 96 valence electrons. The van der Waals surface area contributed by atoms with Crippen LogP contribution in [-0.4, -0.2) is 9.78 Å². The van der Waals surface area contributed by atoms with E-state index in [2.05, 4.69) is 47.8 Å². The minimum Gasteiger partial charge on any atom is -0.232 e. The molecule has 2 heterocycles. The van der Waals surface area contributed by atoms with Gasteiger partial charge in [0.15, 0.2) is 0 Å². The summed E-state index contributed by atoms with van der Waals surface area (Å²) in [5.41, 5.74) is 4.48. The van der Waals surface area contributed by atoms with Crippen LogP contribution in [0.15, 0.2) is 72.1 Å². The number of benzene rings is 2. The standard InChI is InChI=1S/C17H12N2S/c1-3-7-13(8-4-1)16-17-15(11-12-20-17)19(18-16)14-9-5-2-6-10-14/h1-12H. The first-order chi connectivity index (χ1) is 9.93. The number of hydrogen-bond acceptors (Lipinski definition) is 2. The van der Waals surface area contributed by atoms with E-state index in [0.29, 0.717) is 0 Å². The highest BCUT2D eigenvalue weighted by atomic mass is 32.1. The molecule has 2 aromatic heterocycles. The summed E-state index contributed by atoms with van der Waals surface area (Å²) in [6.07, 6.45) is 0. The van der Waals surface area contributed by atoms with E-state index in [9.17, 15) is 0 Å². The number of aromatic nitrogens is 2. The van der Waals surface area contributed by atoms with Gasteiger partial charge in [0.05, 0.1) is 15.9 Å². The van der Waals surface area contributed by atoms with Crippen molar-refractivity contribution in [2.24, 2.45) is 0 Å². The number of nitrogens with zero attached hydrogens (tertiary/aromatic N) is 2. The van der Waals surface area contributed by atoms with E-state index in [4.69, 9.17) is 5.10 Å². The molecule has 0 aliphatic rings. The van der Waals surface area contributed by atoms with Crippen molar-refractivity contribution in [2.75, 3.05) is 0 Å². The molecular weight excluding hydrogens is 264 g/mol. The first-order valence-corrected chi connectivity index (χ1v) is 7.38. The molecule has 4 aromatic rings. The van der Waals surface area contributed by atoms with Gasteiger partial charge in [-0.3, -0.25) is 0 Å². The Morgan fingerprint density at radius 1 is 0.800 bits per heavy atom. The summed E-state index contributed by atoms with van der Waals surface area (Å²) in [5, 5.41) is 6.94. The van der Waals surface area contributed by atoms with Crippen LogP contribution in [0.1, 0.15) is 0 Å². The van der Waals surface area contributed by atoms with E-state index in [-0.39, 0.29) is 0 Å². The van der Waals surface area contributed by atoms with Gasteiger partial charge in [0, 0.05) is 5.56 Å². The monoisotopic (exact) mass is 276 g/mol. The largest absolute Gasteiger partial charge is 0.232 e. The number of para-hydroxylation sites is 1. The molecule has 0 radical (unpaired) electrons. The Morgan fingerprint density at radius 3 is 2.25 bits per heavy atom. The second kappa shape index (κ2) is 4.62. The van der Waals surface area contributed by atoms with Crippen LogP contribution in [0, 0.1) is 0 Å². The number of hydrogen-bond donors (Lipinski definition) is 0. The highest BCUT2D eigenvalue weighted by Crippen LogP contribution is 2.33. The zero-order chi connectivity index (χ0) is 13.4. The highest BCUT2D eigenvalue weighted by molar-refractivity contribution is 7.17. The fourth-order valence-corrected chi connectivity index (χ4v) is 3.28. The molecule has 0 bridgehead atoms. The molecular formula is C17H12N2S. The van der Waals surface area contributed by atoms with E-state index in [1.165, 1.54) is 10.2 Å². The molecule has 0 aliphatic carbocycles. The fourth-order valence-electron chi connectivity index (χ4n) is 2.40. The van der Waals surface area contributed by atoms with Gasteiger partial charge in [0.1, 0.15) is 5.69 Å². The van der Waals surface area contributed by atoms with Gasteiger partial charge in [0.2, 0.25) is 0 Å². The van der Waals surface area contributed by atoms with Crippen molar-refractivity contribution in [3.63, 3.8) is 0 Å². The van der Waals surface area contributed by atoms with Crippen molar-refractivity contribution in [3.8, 4) is 16.9 Å². The van der Waals surface area contributed by atoms with Crippen LogP contribution in [0.2, 0.25) is 0 Å². The topological polar surface area (TPSA) is 17.8 Å². The van der Waals surface area contributed by atoms with Gasteiger partial charge >= 0.3 is 0 Å². The molecule has 0 saturated carbocycles. The number of fused-ring (bicyclic) bond motifs is 1. The van der Waals surface area contributed by atoms with Crippen LogP contribution in [0.25, 0.3) is 27.2 Å². The lowest BCUT2D eigenvalue weighted by molar-refractivity contribution is 0.915. The van der Waals surface area contributed by atoms with Crippen molar-refractivity contribution in [3.05, 3.63) is 72.1 Å². The number of rotatable bonds is 2. The fraction of sp³-hybridized carbons (Fsp3) is 0. The third-order valence-corrected chi connectivity index (χ3v) is 4.25. The van der Waals surface area contributed by atoms with Crippen molar-refractivity contribution >= 4 is 21.6 Å². The first kappa shape index (κ1) is 11.4. The van der Waals surface area contributed by atoms with Crippen molar-refractivity contribution in [2.45, 2.75) is 0 Å². The first-order valence-electron chi connectivity index (χ1n) is 6.50. The molecule has 0 aliphatic heterocycles. The zero-order valence-electron chi connectivity index (χ0n) is 10.7. The van der Waals surface area contributed by atoms with E-state index >= 15 is 0 Å². The van der Waals surface area contributed by atoms with Crippen molar-refractivity contribution in [1.29, 1.82) is 0 Å². The van der Waals surface area contributed by atoms with Crippen molar-refractivity contribution < 1.29 is 0 Å². The molecule has 0 saturated heterocycles. The van der Waals surface area contributed by atoms with Crippen LogP contribution < -0.4 is 0 Å². The van der Waals surface area contributed by atoms with Crippen LogP contribution >= 0.6 is 11.3 Å². The second-order valence-electron chi connectivity index (χ2n) is 4.60. The van der Waals surface area contributed by atoms with Gasteiger partial charge in [-0.2, -0.15) is 5.10 Å². The summed E-state index contributed by atoms with van der Waals surface area (Å²) in [6.45, 7) is 0. The molecule has 3 heteroatoms. The Hall–Kier alpha value is -2.39. The highest BCUT2D eigenvalue weighted by Gasteiger charge is 2.14. The maximum absolute atomic E-state index is 4.82. The van der Waals surface area contributed by atoms with Gasteiger partial charge in [-0.25, -0.2) is 4.68 Å². The molecule has 0 N–H and O–H groups in total. The van der Waals surface area contributed by atoms with E-state index in [1.54, 1.807) is 11.3 Å². The minimum absolute atomic E-state index is 1.06. The molecule has 2 nitrogen and oxygen atoms in total. The van der Waals surface area contributed by atoms with E-state index in [0.717, 1.165) is 16.9 Å². The Morgan fingerprint density at radius 2 is 1.50 bits per heavy atom. The quantitative estimate of drug-likeness (QED) is 0.516. The molecule has 0 spiro atoms. The lowest BCUT2D eigenvalue weighted by Crippen LogP contribution is -1.95. The summed E-state index contributed by atoms with van der Waals surface area (Å²) in [5.74, 6) is 0. The van der Waals surface area contributed by atoms with Gasteiger partial charge in [-0.15, -0.1) is 11.3 Å². The summed E-state index contributed by atoms with van der Waals surface area (Å²) in [6, 6.07) is 22.7. The maximum atomic E-state index is 4.82. The zero-order valence-corrected chi connectivity index (χ0v) is 11.5. The van der Waals surface area contributed by atoms with E-state index in [1.807, 2.05) is 28.9 Å². The average molecular weight is 276 g/mol. The summed E-state index contributed by atoms with van der Waals surface area (Å²) < 4.78 is 3.26. The normalized spacial score (nSPS) is 11.0. The Labute approximate surface area is 120 Å². The SMILES string of the molecule is c1ccc(-c2nn(-c3ccccc3)c3ccsc23)cc1. The van der Waals surface area contributed by atoms with Gasteiger partial charge < -0.3 is 0 Å². The third-order valence-electron chi connectivity index (χ3n) is 3.34. The van der Waals surface area contributed by atoms with Crippen LogP contribution in [-0.2, 0) is 0 Å². The second-order valence-corrected chi connectivity index (χ2v) is 5.51. The predicted octanol–water partition coefficient (Wildman–Crippen LogP) is 4.75. The lowest BCUT2D eigenvalue weighted by atomic mass is 10.1. The molecule has 4 rings (SSSR count). The Balaban J connectivity index is 1.99. The average Bonchev–Trinajstić information content (AvgIpc) is 3.11. The Bertz CT molecular complexity index is 775. The van der Waals surface area contributed by atoms with Gasteiger partial charge in [0.25, 0.3) is 0 Å². The molecule has 0 atom stereocenters. The molecule has 0 fully saturated rings. The van der Waals surface area contributed by atoms with Crippen molar-refractivity contribution in [1.82, 2.24) is 9.78 Å². The van der Waals surface area contributed by atoms with Crippen LogP contribution in [0.3, 0.4) is 0 Å². The van der Waals surface area contributed by atoms with E-state index < -0.39 is 0 Å². The third kappa shape index (κ3) is 1.75. The summed E-state index contributed by atoms with van der Waals surface area (Å²) in [7, 11) is 0. The summed E-state index contributed by atoms with van der Waals surface area (Å²) in [4.78, 5) is 0. The molecule has 0 unspecified atom stereocenters. The molecule has 2 aromatic carbocycles. The summed E-state index contributed by atoms with van der Waals surface area (Å²) >= 11 is 1.74. The van der Waals surface area contributed by atoms with Gasteiger partial charge in [-0.05, 0) is 23.6 Å². The van der Waals surface area contributed by atoms with Crippen LogP contribution in [0.4, 0.5) is 0 Å².